The number of nitrogens with zero attached hydrogens (tertiary/aromatic N) is 4. The van der Waals surface area contributed by atoms with Crippen LogP contribution < -0.4 is 5.32 Å². The first-order chi connectivity index (χ1) is 13.3. The van der Waals surface area contributed by atoms with E-state index in [9.17, 15) is 18.0 Å². The minimum atomic E-state index is -4.35. The van der Waals surface area contributed by atoms with Gasteiger partial charge in [0.2, 0.25) is 0 Å². The number of alkyl halides is 3. The monoisotopic (exact) mass is 393 g/mol. The van der Waals surface area contributed by atoms with Gasteiger partial charge in [0, 0.05) is 37.3 Å². The van der Waals surface area contributed by atoms with Crippen molar-refractivity contribution in [2.75, 3.05) is 18.4 Å². The number of nitrogens with one attached hydrogen (secondary N) is 1. The second kappa shape index (κ2) is 7.10. The molecule has 1 saturated heterocycles. The summed E-state index contributed by atoms with van der Waals surface area (Å²) in [7, 11) is 0. The van der Waals surface area contributed by atoms with Crippen LogP contribution in [0.4, 0.5) is 19.0 Å². The molecule has 28 heavy (non-hydrogen) atoms. The Labute approximate surface area is 160 Å². The predicted molar refractivity (Wildman–Crippen MR) is 97.1 cm³/mol. The highest BCUT2D eigenvalue weighted by Crippen LogP contribution is 2.40. The van der Waals surface area contributed by atoms with Crippen molar-refractivity contribution in [3.63, 3.8) is 0 Å². The van der Waals surface area contributed by atoms with E-state index in [1.165, 1.54) is 0 Å². The number of aromatic nitrogens is 3. The van der Waals surface area contributed by atoms with Crippen molar-refractivity contribution in [1.29, 1.82) is 0 Å². The van der Waals surface area contributed by atoms with Crippen molar-refractivity contribution in [1.82, 2.24) is 19.7 Å². The summed E-state index contributed by atoms with van der Waals surface area (Å²) >= 11 is 0. The number of carbonyl (C=O) groups is 1. The minimum Gasteiger partial charge on any atom is -0.368 e. The van der Waals surface area contributed by atoms with Gasteiger partial charge in [0.05, 0.1) is 5.69 Å². The smallest absolute Gasteiger partial charge is 0.368 e. The fourth-order valence-corrected chi connectivity index (χ4v) is 4.03. The Morgan fingerprint density at radius 2 is 2.14 bits per heavy atom. The van der Waals surface area contributed by atoms with Gasteiger partial charge < -0.3 is 10.2 Å². The SMILES string of the molecule is C[C@@H]1C[C@H](C(F)(F)F)n2nc(C3CCCN(C(=O)c4ccccn4)C3)cc2N1. The Morgan fingerprint density at radius 3 is 2.86 bits per heavy atom. The molecular weight excluding hydrogens is 371 g/mol. The first-order valence-corrected chi connectivity index (χ1v) is 9.46. The van der Waals surface area contributed by atoms with Crippen molar-refractivity contribution >= 4 is 11.7 Å². The lowest BCUT2D eigenvalue weighted by Crippen LogP contribution is -2.39. The topological polar surface area (TPSA) is 63.1 Å². The zero-order chi connectivity index (χ0) is 19.9. The number of rotatable bonds is 2. The van der Waals surface area contributed by atoms with E-state index in [-0.39, 0.29) is 24.3 Å². The third kappa shape index (κ3) is 3.57. The number of halogens is 3. The van der Waals surface area contributed by atoms with Gasteiger partial charge in [-0.05, 0) is 38.3 Å². The van der Waals surface area contributed by atoms with E-state index in [1.807, 2.05) is 0 Å². The molecule has 0 spiro atoms. The van der Waals surface area contributed by atoms with Gasteiger partial charge in [-0.25, -0.2) is 4.68 Å². The summed E-state index contributed by atoms with van der Waals surface area (Å²) in [6.45, 7) is 2.78. The second-order valence-corrected chi connectivity index (χ2v) is 7.54. The maximum Gasteiger partial charge on any atom is 0.410 e. The average Bonchev–Trinajstić information content (AvgIpc) is 3.10. The fourth-order valence-electron chi connectivity index (χ4n) is 4.03. The lowest BCUT2D eigenvalue weighted by molar-refractivity contribution is -0.173. The molecule has 2 aliphatic heterocycles. The molecule has 2 aromatic rings. The third-order valence-electron chi connectivity index (χ3n) is 5.41. The van der Waals surface area contributed by atoms with Gasteiger partial charge >= 0.3 is 6.18 Å². The molecule has 150 valence electrons. The van der Waals surface area contributed by atoms with Gasteiger partial charge in [0.1, 0.15) is 11.5 Å². The van der Waals surface area contributed by atoms with E-state index in [2.05, 4.69) is 15.4 Å². The van der Waals surface area contributed by atoms with Crippen LogP contribution in [0.3, 0.4) is 0 Å². The minimum absolute atomic E-state index is 0.0490. The second-order valence-electron chi connectivity index (χ2n) is 7.54. The number of hydrogen-bond donors (Lipinski definition) is 1. The molecule has 0 aromatic carbocycles. The van der Waals surface area contributed by atoms with E-state index in [0.29, 0.717) is 30.3 Å². The Kier molecular flexibility index (Phi) is 4.76. The number of anilines is 1. The van der Waals surface area contributed by atoms with Gasteiger partial charge in [-0.3, -0.25) is 9.78 Å². The van der Waals surface area contributed by atoms with Crippen LogP contribution in [0, 0.1) is 0 Å². The highest BCUT2D eigenvalue weighted by Gasteiger charge is 2.45. The standard InChI is InChI=1S/C19H22F3N5O/c1-12-9-16(19(20,21)22)27-17(24-12)10-15(25-27)13-5-4-8-26(11-13)18(28)14-6-2-3-7-23-14/h2-3,6-7,10,12-13,16,24H,4-5,8-9,11H2,1H3/t12-,13?,16-/m1/s1. The first kappa shape index (κ1) is 18.8. The summed E-state index contributed by atoms with van der Waals surface area (Å²) in [5.41, 5.74) is 0.976. The summed E-state index contributed by atoms with van der Waals surface area (Å²) < 4.78 is 41.4. The van der Waals surface area contributed by atoms with Gasteiger partial charge in [0.15, 0.2) is 6.04 Å². The van der Waals surface area contributed by atoms with E-state index in [1.54, 1.807) is 42.3 Å². The predicted octanol–water partition coefficient (Wildman–Crippen LogP) is 3.61. The normalized spacial score (nSPS) is 25.1. The van der Waals surface area contributed by atoms with Gasteiger partial charge in [-0.15, -0.1) is 0 Å². The Hall–Kier alpha value is -2.58. The molecule has 0 saturated carbocycles. The van der Waals surface area contributed by atoms with Crippen molar-refractivity contribution in [2.24, 2.45) is 0 Å². The lowest BCUT2D eigenvalue weighted by atomic mass is 9.94. The zero-order valence-corrected chi connectivity index (χ0v) is 15.5. The number of pyridine rings is 1. The number of fused-ring (bicyclic) bond motifs is 1. The molecule has 1 amide bonds. The maximum atomic E-state index is 13.5. The first-order valence-electron chi connectivity index (χ1n) is 9.46. The van der Waals surface area contributed by atoms with Crippen LogP contribution in [0.1, 0.15) is 54.3 Å². The van der Waals surface area contributed by atoms with Crippen molar-refractivity contribution in [3.05, 3.63) is 41.9 Å². The molecule has 0 bridgehead atoms. The number of amides is 1. The molecule has 9 heteroatoms. The molecule has 1 unspecified atom stereocenters. The molecule has 1 fully saturated rings. The maximum absolute atomic E-state index is 13.5. The van der Waals surface area contributed by atoms with E-state index in [4.69, 9.17) is 0 Å². The van der Waals surface area contributed by atoms with E-state index >= 15 is 0 Å². The van der Waals surface area contributed by atoms with Crippen molar-refractivity contribution in [2.45, 2.75) is 50.4 Å². The average molecular weight is 393 g/mol. The van der Waals surface area contributed by atoms with Gasteiger partial charge in [0.25, 0.3) is 5.91 Å². The number of hydrogen-bond acceptors (Lipinski definition) is 4. The number of likely N-dealkylation sites (tertiary alicyclic amines) is 1. The molecule has 0 aliphatic carbocycles. The molecule has 6 nitrogen and oxygen atoms in total. The van der Waals surface area contributed by atoms with Crippen molar-refractivity contribution in [3.8, 4) is 0 Å². The Morgan fingerprint density at radius 1 is 1.32 bits per heavy atom. The summed E-state index contributed by atoms with van der Waals surface area (Å²) in [4.78, 5) is 18.5. The van der Waals surface area contributed by atoms with Gasteiger partial charge in [-0.2, -0.15) is 18.3 Å². The van der Waals surface area contributed by atoms with Crippen LogP contribution in [0.15, 0.2) is 30.5 Å². The zero-order valence-electron chi connectivity index (χ0n) is 15.5. The molecule has 3 atom stereocenters. The highest BCUT2D eigenvalue weighted by molar-refractivity contribution is 5.92. The molecule has 1 N–H and O–H groups in total. The summed E-state index contributed by atoms with van der Waals surface area (Å²) in [6, 6.07) is 4.97. The van der Waals surface area contributed by atoms with Gasteiger partial charge in [-0.1, -0.05) is 6.07 Å². The largest absolute Gasteiger partial charge is 0.410 e. The third-order valence-corrected chi connectivity index (χ3v) is 5.41. The van der Waals surface area contributed by atoms with Crippen LogP contribution in [0.25, 0.3) is 0 Å². The molecule has 2 aliphatic rings. The summed E-state index contributed by atoms with van der Waals surface area (Å²) in [5, 5.41) is 7.40. The molecule has 2 aromatic heterocycles. The molecule has 4 heterocycles. The van der Waals surface area contributed by atoms with E-state index < -0.39 is 12.2 Å². The molecule has 0 radical (unpaired) electrons. The fraction of sp³-hybridized carbons (Fsp3) is 0.526. The highest BCUT2D eigenvalue weighted by atomic mass is 19.4. The van der Waals surface area contributed by atoms with Crippen LogP contribution >= 0.6 is 0 Å². The summed E-state index contributed by atoms with van der Waals surface area (Å²) in [6.07, 6.45) is -1.26. The lowest BCUT2D eigenvalue weighted by Gasteiger charge is -2.32. The molecule has 4 rings (SSSR count). The number of carbonyl (C=O) groups excluding carboxylic acids is 1. The molecular formula is C19H22F3N5O. The van der Waals surface area contributed by atoms with Crippen LogP contribution in [-0.4, -0.2) is 50.9 Å². The van der Waals surface area contributed by atoms with Crippen molar-refractivity contribution < 1.29 is 18.0 Å². The Balaban J connectivity index is 1.56. The van der Waals surface area contributed by atoms with Crippen LogP contribution in [-0.2, 0) is 0 Å². The summed E-state index contributed by atoms with van der Waals surface area (Å²) in [5.74, 6) is 0.143. The number of piperidine rings is 1. The van der Waals surface area contributed by atoms with Crippen LogP contribution in [0.5, 0.6) is 0 Å². The Bertz CT molecular complexity index is 851. The quantitative estimate of drug-likeness (QED) is 0.847. The van der Waals surface area contributed by atoms with Crippen LogP contribution in [0.2, 0.25) is 0 Å². The van der Waals surface area contributed by atoms with E-state index in [0.717, 1.165) is 17.5 Å².